The van der Waals surface area contributed by atoms with Crippen molar-refractivity contribution >= 4 is 5.69 Å². The molecule has 12 heavy (non-hydrogen) atoms. The van der Waals surface area contributed by atoms with Gasteiger partial charge in [0.2, 0.25) is 0 Å². The van der Waals surface area contributed by atoms with Crippen molar-refractivity contribution in [1.29, 1.82) is 5.26 Å². The quantitative estimate of drug-likeness (QED) is 0.457. The molecule has 0 aliphatic heterocycles. The molecule has 0 fully saturated rings. The van der Waals surface area contributed by atoms with Crippen molar-refractivity contribution in [3.05, 3.63) is 29.3 Å². The maximum absolute atomic E-state index is 8.58. The highest BCUT2D eigenvalue weighted by Crippen LogP contribution is 2.11. The summed E-state index contributed by atoms with van der Waals surface area (Å²) in [6, 6.07) is 7.09. The van der Waals surface area contributed by atoms with Crippen molar-refractivity contribution in [2.45, 2.75) is 6.92 Å². The van der Waals surface area contributed by atoms with E-state index < -0.39 is 0 Å². The standard InChI is InChI=1S/C10H8N2/c1-2-3-9-6-8(7-11)4-5-10(9)12/h4-6H,12H2,1H3. The Balaban J connectivity index is 3.25. The van der Waals surface area contributed by atoms with E-state index in [2.05, 4.69) is 11.8 Å². The summed E-state index contributed by atoms with van der Waals surface area (Å²) in [5.74, 6) is 5.56. The van der Waals surface area contributed by atoms with Gasteiger partial charge in [-0.2, -0.15) is 5.26 Å². The first kappa shape index (κ1) is 8.17. The van der Waals surface area contributed by atoms with E-state index in [1.165, 1.54) is 0 Å². The molecule has 0 atom stereocenters. The first-order valence-corrected chi connectivity index (χ1v) is 3.50. The van der Waals surface area contributed by atoms with Gasteiger partial charge in [0.1, 0.15) is 0 Å². The van der Waals surface area contributed by atoms with Crippen LogP contribution in [0.5, 0.6) is 0 Å². The Morgan fingerprint density at radius 1 is 1.42 bits per heavy atom. The van der Waals surface area contributed by atoms with E-state index in [0.29, 0.717) is 11.3 Å². The summed E-state index contributed by atoms with van der Waals surface area (Å²) in [5, 5.41) is 8.58. The third kappa shape index (κ3) is 1.56. The molecular weight excluding hydrogens is 148 g/mol. The second-order valence-corrected chi connectivity index (χ2v) is 2.29. The molecule has 0 saturated heterocycles. The Kier molecular flexibility index (Phi) is 2.35. The van der Waals surface area contributed by atoms with Crippen LogP contribution in [0.4, 0.5) is 5.69 Å². The topological polar surface area (TPSA) is 49.8 Å². The Morgan fingerprint density at radius 3 is 2.75 bits per heavy atom. The van der Waals surface area contributed by atoms with Gasteiger partial charge in [0.15, 0.2) is 0 Å². The minimum Gasteiger partial charge on any atom is -0.398 e. The molecule has 1 aromatic carbocycles. The lowest BCUT2D eigenvalue weighted by Crippen LogP contribution is -1.90. The molecule has 0 amide bonds. The van der Waals surface area contributed by atoms with Crippen LogP contribution in [0.2, 0.25) is 0 Å². The zero-order valence-electron chi connectivity index (χ0n) is 6.76. The second-order valence-electron chi connectivity index (χ2n) is 2.29. The highest BCUT2D eigenvalue weighted by Gasteiger charge is 1.96. The minimum atomic E-state index is 0.585. The molecule has 0 aliphatic carbocycles. The molecule has 58 valence electrons. The molecule has 0 radical (unpaired) electrons. The van der Waals surface area contributed by atoms with Crippen molar-refractivity contribution in [2.24, 2.45) is 0 Å². The Hall–Kier alpha value is -1.93. The van der Waals surface area contributed by atoms with Gasteiger partial charge in [-0.05, 0) is 25.1 Å². The van der Waals surface area contributed by atoms with Crippen molar-refractivity contribution in [1.82, 2.24) is 0 Å². The summed E-state index contributed by atoms with van der Waals surface area (Å²) in [7, 11) is 0. The fraction of sp³-hybridized carbons (Fsp3) is 0.100. The highest BCUT2D eigenvalue weighted by molar-refractivity contribution is 5.58. The number of hydrogen-bond acceptors (Lipinski definition) is 2. The molecule has 0 spiro atoms. The minimum absolute atomic E-state index is 0.585. The summed E-state index contributed by atoms with van der Waals surface area (Å²) in [6.45, 7) is 1.73. The van der Waals surface area contributed by atoms with Crippen LogP contribution >= 0.6 is 0 Å². The third-order valence-electron chi connectivity index (χ3n) is 1.44. The molecule has 0 heterocycles. The Morgan fingerprint density at radius 2 is 2.17 bits per heavy atom. The zero-order chi connectivity index (χ0) is 8.97. The van der Waals surface area contributed by atoms with Gasteiger partial charge >= 0.3 is 0 Å². The van der Waals surface area contributed by atoms with E-state index in [-0.39, 0.29) is 0 Å². The summed E-state index contributed by atoms with van der Waals surface area (Å²) in [4.78, 5) is 0. The average molecular weight is 156 g/mol. The maximum atomic E-state index is 8.58. The van der Waals surface area contributed by atoms with Crippen molar-refractivity contribution in [3.63, 3.8) is 0 Å². The van der Waals surface area contributed by atoms with Gasteiger partial charge in [-0.1, -0.05) is 5.92 Å². The van der Waals surface area contributed by atoms with Crippen LogP contribution in [-0.2, 0) is 0 Å². The van der Waals surface area contributed by atoms with Gasteiger partial charge in [-0.3, -0.25) is 0 Å². The number of nitrogens with two attached hydrogens (primary N) is 1. The summed E-state index contributed by atoms with van der Waals surface area (Å²) in [5.41, 5.74) is 7.54. The lowest BCUT2D eigenvalue weighted by atomic mass is 10.1. The van der Waals surface area contributed by atoms with Crippen LogP contribution in [0.3, 0.4) is 0 Å². The van der Waals surface area contributed by atoms with Gasteiger partial charge < -0.3 is 5.73 Å². The fourth-order valence-corrected chi connectivity index (χ4v) is 0.869. The van der Waals surface area contributed by atoms with Crippen LogP contribution in [0.1, 0.15) is 18.1 Å². The highest BCUT2D eigenvalue weighted by atomic mass is 14.5. The zero-order valence-corrected chi connectivity index (χ0v) is 6.76. The van der Waals surface area contributed by atoms with Gasteiger partial charge in [0.25, 0.3) is 0 Å². The number of nitrogens with zero attached hydrogens (tertiary/aromatic N) is 1. The molecule has 2 heteroatoms. The first-order chi connectivity index (χ1) is 5.77. The molecule has 1 aromatic rings. The van der Waals surface area contributed by atoms with Crippen LogP contribution in [0, 0.1) is 23.2 Å². The molecule has 0 saturated carbocycles. The molecule has 0 aromatic heterocycles. The average Bonchev–Trinajstić information content (AvgIpc) is 2.09. The normalized spacial score (nSPS) is 8.00. The number of nitrogen functional groups attached to an aromatic ring is 1. The van der Waals surface area contributed by atoms with E-state index >= 15 is 0 Å². The number of hydrogen-bond donors (Lipinski definition) is 1. The van der Waals surface area contributed by atoms with Crippen molar-refractivity contribution < 1.29 is 0 Å². The molecule has 0 aliphatic rings. The van der Waals surface area contributed by atoms with E-state index in [9.17, 15) is 0 Å². The van der Waals surface area contributed by atoms with Crippen LogP contribution in [0.25, 0.3) is 0 Å². The predicted molar refractivity (Wildman–Crippen MR) is 48.1 cm³/mol. The molecule has 0 unspecified atom stereocenters. The summed E-state index contributed by atoms with van der Waals surface area (Å²) < 4.78 is 0. The Bertz CT molecular complexity index is 389. The monoisotopic (exact) mass is 156 g/mol. The lowest BCUT2D eigenvalue weighted by Gasteiger charge is -1.96. The first-order valence-electron chi connectivity index (χ1n) is 3.50. The largest absolute Gasteiger partial charge is 0.398 e. The van der Waals surface area contributed by atoms with E-state index in [1.54, 1.807) is 25.1 Å². The smallest absolute Gasteiger partial charge is 0.0992 e. The molecule has 2 nitrogen and oxygen atoms in total. The van der Waals surface area contributed by atoms with E-state index in [0.717, 1.165) is 5.56 Å². The fourth-order valence-electron chi connectivity index (χ4n) is 0.869. The van der Waals surface area contributed by atoms with Crippen LogP contribution in [0.15, 0.2) is 18.2 Å². The summed E-state index contributed by atoms with van der Waals surface area (Å²) in [6.07, 6.45) is 0. The van der Waals surface area contributed by atoms with Gasteiger partial charge in [-0.25, -0.2) is 0 Å². The summed E-state index contributed by atoms with van der Waals surface area (Å²) >= 11 is 0. The van der Waals surface area contributed by atoms with Crippen LogP contribution < -0.4 is 5.73 Å². The van der Waals surface area contributed by atoms with Crippen molar-refractivity contribution in [2.75, 3.05) is 5.73 Å². The molecule has 0 bridgehead atoms. The second kappa shape index (κ2) is 3.46. The van der Waals surface area contributed by atoms with Gasteiger partial charge in [0.05, 0.1) is 11.6 Å². The molecule has 2 N–H and O–H groups in total. The number of nitriles is 1. The number of benzene rings is 1. The number of anilines is 1. The number of rotatable bonds is 0. The lowest BCUT2D eigenvalue weighted by molar-refractivity contribution is 1.48. The van der Waals surface area contributed by atoms with E-state index in [1.807, 2.05) is 6.07 Å². The van der Waals surface area contributed by atoms with Gasteiger partial charge in [-0.15, -0.1) is 5.92 Å². The van der Waals surface area contributed by atoms with Crippen LogP contribution in [-0.4, -0.2) is 0 Å². The SMILES string of the molecule is CC#Cc1cc(C#N)ccc1N. The molecular formula is C10H8N2. The maximum Gasteiger partial charge on any atom is 0.0992 e. The van der Waals surface area contributed by atoms with Gasteiger partial charge in [0, 0.05) is 11.3 Å². The Labute approximate surface area is 71.6 Å². The predicted octanol–water partition coefficient (Wildman–Crippen LogP) is 1.51. The molecule has 1 rings (SSSR count). The van der Waals surface area contributed by atoms with Crippen molar-refractivity contribution in [3.8, 4) is 17.9 Å². The third-order valence-corrected chi connectivity index (χ3v) is 1.44. The van der Waals surface area contributed by atoms with E-state index in [4.69, 9.17) is 11.0 Å².